The first-order valence-electron chi connectivity index (χ1n) is 7.35. The van der Waals surface area contributed by atoms with Crippen molar-refractivity contribution in [2.45, 2.75) is 39.2 Å². The molecule has 1 aromatic carbocycles. The van der Waals surface area contributed by atoms with Crippen LogP contribution in [0.1, 0.15) is 39.2 Å². The third-order valence-corrected chi connectivity index (χ3v) is 4.08. The average molecular weight is 294 g/mol. The molecule has 1 aromatic rings. The first-order chi connectivity index (χ1) is 9.65. The zero-order chi connectivity index (χ0) is 16.2. The zero-order valence-electron chi connectivity index (χ0n) is 13.9. The molecule has 0 aromatic heterocycles. The van der Waals surface area contributed by atoms with Crippen molar-refractivity contribution in [2.75, 3.05) is 20.6 Å². The minimum absolute atomic E-state index is 0.00784. The number of rotatable bonds is 6. The lowest BCUT2D eigenvalue weighted by atomic mass is 9.87. The molecule has 0 spiro atoms. The second-order valence-corrected chi connectivity index (χ2v) is 6.70. The molecule has 21 heavy (non-hydrogen) atoms. The van der Waals surface area contributed by atoms with E-state index in [9.17, 15) is 9.18 Å². The Morgan fingerprint density at radius 3 is 2.19 bits per heavy atom. The van der Waals surface area contributed by atoms with Gasteiger partial charge < -0.3 is 10.2 Å². The van der Waals surface area contributed by atoms with Gasteiger partial charge in [-0.25, -0.2) is 4.39 Å². The zero-order valence-corrected chi connectivity index (χ0v) is 13.9. The van der Waals surface area contributed by atoms with Gasteiger partial charge in [-0.2, -0.15) is 0 Å². The Balaban J connectivity index is 2.82. The molecule has 3 nitrogen and oxygen atoms in total. The van der Waals surface area contributed by atoms with Gasteiger partial charge in [-0.05, 0) is 51.6 Å². The Morgan fingerprint density at radius 1 is 1.24 bits per heavy atom. The molecule has 0 heterocycles. The lowest BCUT2D eigenvalue weighted by Gasteiger charge is -2.33. The second kappa shape index (κ2) is 7.03. The summed E-state index contributed by atoms with van der Waals surface area (Å²) in [4.78, 5) is 14.6. The minimum Gasteiger partial charge on any atom is -0.354 e. The quantitative estimate of drug-likeness (QED) is 0.874. The van der Waals surface area contributed by atoms with E-state index in [1.807, 2.05) is 27.9 Å². The van der Waals surface area contributed by atoms with Crippen molar-refractivity contribution in [1.29, 1.82) is 0 Å². The van der Waals surface area contributed by atoms with Crippen LogP contribution in [0.2, 0.25) is 0 Å². The number of amides is 1. The summed E-state index contributed by atoms with van der Waals surface area (Å²) < 4.78 is 13.0. The predicted octanol–water partition coefficient (Wildman–Crippen LogP) is 3.02. The standard InChI is InChI=1S/C17H27FN2O/c1-12(2)15(13-7-9-14(18)10-8-13)16(21)19-11-17(3,4)20(5)6/h7-10,12,15H,11H2,1-6H3,(H,19,21). The maximum atomic E-state index is 13.0. The van der Waals surface area contributed by atoms with Gasteiger partial charge in [0, 0.05) is 12.1 Å². The smallest absolute Gasteiger partial charge is 0.227 e. The largest absolute Gasteiger partial charge is 0.354 e. The summed E-state index contributed by atoms with van der Waals surface area (Å²) >= 11 is 0. The van der Waals surface area contributed by atoms with Crippen molar-refractivity contribution < 1.29 is 9.18 Å². The van der Waals surface area contributed by atoms with E-state index in [0.29, 0.717) is 6.54 Å². The molecule has 0 aliphatic heterocycles. The lowest BCUT2D eigenvalue weighted by molar-refractivity contribution is -0.124. The normalized spacial score (nSPS) is 13.6. The monoisotopic (exact) mass is 294 g/mol. The van der Waals surface area contributed by atoms with Crippen molar-refractivity contribution in [3.8, 4) is 0 Å². The van der Waals surface area contributed by atoms with E-state index in [-0.39, 0.29) is 29.1 Å². The van der Waals surface area contributed by atoms with Gasteiger partial charge in [0.25, 0.3) is 0 Å². The van der Waals surface area contributed by atoms with Gasteiger partial charge in [-0.15, -0.1) is 0 Å². The van der Waals surface area contributed by atoms with Crippen molar-refractivity contribution in [3.63, 3.8) is 0 Å². The van der Waals surface area contributed by atoms with E-state index >= 15 is 0 Å². The lowest BCUT2D eigenvalue weighted by Crippen LogP contribution is -2.49. The molecule has 0 saturated carbocycles. The number of nitrogens with zero attached hydrogens (tertiary/aromatic N) is 1. The Hall–Kier alpha value is -1.42. The maximum Gasteiger partial charge on any atom is 0.227 e. The topological polar surface area (TPSA) is 32.3 Å². The number of carbonyl (C=O) groups excluding carboxylic acids is 1. The van der Waals surface area contributed by atoms with Gasteiger partial charge in [0.1, 0.15) is 5.82 Å². The molecule has 0 aliphatic rings. The molecule has 0 radical (unpaired) electrons. The Bertz CT molecular complexity index is 466. The van der Waals surface area contributed by atoms with Gasteiger partial charge in [0.15, 0.2) is 0 Å². The molecule has 1 atom stereocenters. The molecular formula is C17H27FN2O. The number of benzene rings is 1. The van der Waals surface area contributed by atoms with Crippen LogP contribution in [0.5, 0.6) is 0 Å². The van der Waals surface area contributed by atoms with E-state index in [1.165, 1.54) is 12.1 Å². The molecule has 0 bridgehead atoms. The van der Waals surface area contributed by atoms with E-state index in [2.05, 4.69) is 24.1 Å². The van der Waals surface area contributed by atoms with Crippen molar-refractivity contribution >= 4 is 5.91 Å². The Kier molecular flexibility index (Phi) is 5.90. The van der Waals surface area contributed by atoms with Gasteiger partial charge in [0.2, 0.25) is 5.91 Å². The minimum atomic E-state index is -0.282. The number of halogens is 1. The van der Waals surface area contributed by atoms with Crippen LogP contribution in [-0.4, -0.2) is 37.0 Å². The highest BCUT2D eigenvalue weighted by atomic mass is 19.1. The van der Waals surface area contributed by atoms with E-state index in [4.69, 9.17) is 0 Å². The fourth-order valence-electron chi connectivity index (χ4n) is 2.08. The number of hydrogen-bond acceptors (Lipinski definition) is 2. The summed E-state index contributed by atoms with van der Waals surface area (Å²) in [5.74, 6) is -0.400. The summed E-state index contributed by atoms with van der Waals surface area (Å²) in [6, 6.07) is 6.19. The highest BCUT2D eigenvalue weighted by molar-refractivity contribution is 5.84. The summed E-state index contributed by atoms with van der Waals surface area (Å²) in [6.45, 7) is 8.74. The molecule has 1 N–H and O–H groups in total. The number of likely N-dealkylation sites (N-methyl/N-ethyl adjacent to an activating group) is 1. The molecule has 118 valence electrons. The predicted molar refractivity (Wildman–Crippen MR) is 84.8 cm³/mol. The van der Waals surface area contributed by atoms with E-state index in [0.717, 1.165) is 5.56 Å². The van der Waals surface area contributed by atoms with Crippen LogP contribution in [0.15, 0.2) is 24.3 Å². The first-order valence-corrected chi connectivity index (χ1v) is 7.35. The third kappa shape index (κ3) is 4.81. The van der Waals surface area contributed by atoms with Crippen LogP contribution < -0.4 is 5.32 Å². The van der Waals surface area contributed by atoms with Gasteiger partial charge in [-0.1, -0.05) is 26.0 Å². The van der Waals surface area contributed by atoms with Crippen LogP contribution in [0.4, 0.5) is 4.39 Å². The molecule has 1 amide bonds. The number of nitrogens with one attached hydrogen (secondary N) is 1. The van der Waals surface area contributed by atoms with Gasteiger partial charge >= 0.3 is 0 Å². The van der Waals surface area contributed by atoms with Gasteiger partial charge in [-0.3, -0.25) is 4.79 Å². The van der Waals surface area contributed by atoms with E-state index in [1.54, 1.807) is 12.1 Å². The van der Waals surface area contributed by atoms with Crippen LogP contribution in [-0.2, 0) is 4.79 Å². The number of carbonyl (C=O) groups is 1. The van der Waals surface area contributed by atoms with Crippen LogP contribution in [0.25, 0.3) is 0 Å². The first kappa shape index (κ1) is 17.6. The fraction of sp³-hybridized carbons (Fsp3) is 0.588. The van der Waals surface area contributed by atoms with E-state index < -0.39 is 0 Å². The molecule has 0 saturated heterocycles. The summed E-state index contributed by atoms with van der Waals surface area (Å²) in [6.07, 6.45) is 0. The molecule has 1 rings (SSSR count). The SMILES string of the molecule is CC(C)C(C(=O)NCC(C)(C)N(C)C)c1ccc(F)cc1. The van der Waals surface area contributed by atoms with Crippen LogP contribution in [0.3, 0.4) is 0 Å². The van der Waals surface area contributed by atoms with Crippen molar-refractivity contribution in [2.24, 2.45) is 5.92 Å². The molecule has 0 fully saturated rings. The third-order valence-electron chi connectivity index (χ3n) is 4.08. The molecule has 1 unspecified atom stereocenters. The molecular weight excluding hydrogens is 267 g/mol. The molecule has 0 aliphatic carbocycles. The summed E-state index contributed by atoms with van der Waals surface area (Å²) in [5.41, 5.74) is 0.742. The average Bonchev–Trinajstić information content (AvgIpc) is 2.38. The Labute approximate surface area is 127 Å². The van der Waals surface area contributed by atoms with Crippen LogP contribution >= 0.6 is 0 Å². The molecule has 4 heteroatoms. The second-order valence-electron chi connectivity index (χ2n) is 6.70. The van der Waals surface area contributed by atoms with Crippen molar-refractivity contribution in [3.05, 3.63) is 35.6 Å². The highest BCUT2D eigenvalue weighted by Gasteiger charge is 2.27. The Morgan fingerprint density at radius 2 is 1.76 bits per heavy atom. The highest BCUT2D eigenvalue weighted by Crippen LogP contribution is 2.25. The van der Waals surface area contributed by atoms with Crippen LogP contribution in [0, 0.1) is 11.7 Å². The summed E-state index contributed by atoms with van der Waals surface area (Å²) in [7, 11) is 3.98. The fourth-order valence-corrected chi connectivity index (χ4v) is 2.08. The van der Waals surface area contributed by atoms with Gasteiger partial charge in [0.05, 0.1) is 5.92 Å². The van der Waals surface area contributed by atoms with Crippen molar-refractivity contribution in [1.82, 2.24) is 10.2 Å². The maximum absolute atomic E-state index is 13.0. The summed E-state index contributed by atoms with van der Waals surface area (Å²) in [5, 5.41) is 3.02. The number of hydrogen-bond donors (Lipinski definition) is 1.